The van der Waals surface area contributed by atoms with E-state index >= 15 is 0 Å². The number of ether oxygens (including phenoxy) is 2. The molecule has 2 N–H and O–H groups in total. The van der Waals surface area contributed by atoms with E-state index in [4.69, 9.17) is 9.47 Å². The van der Waals surface area contributed by atoms with Crippen molar-refractivity contribution in [3.63, 3.8) is 0 Å². The van der Waals surface area contributed by atoms with Gasteiger partial charge in [-0.15, -0.1) is 0 Å². The van der Waals surface area contributed by atoms with E-state index < -0.39 is 0 Å². The Labute approximate surface area is 88.8 Å². The number of phenols is 1. The maximum Gasteiger partial charge on any atom is 0.123 e. The van der Waals surface area contributed by atoms with Gasteiger partial charge < -0.3 is 19.9 Å². The van der Waals surface area contributed by atoms with Crippen molar-refractivity contribution in [2.45, 2.75) is 12.6 Å². The molecule has 0 saturated carbocycles. The number of phenolic OH excluding ortho intramolecular Hbond substituents is 1. The summed E-state index contributed by atoms with van der Waals surface area (Å²) in [5, 5.41) is 13.0. The number of rotatable bonds is 4. The molecule has 0 atom stereocenters. The zero-order valence-electron chi connectivity index (χ0n) is 8.69. The third-order valence-corrected chi connectivity index (χ3v) is 2.51. The lowest BCUT2D eigenvalue weighted by atomic mass is 10.1. The number of nitrogens with one attached hydrogen (secondary N) is 1. The second-order valence-electron chi connectivity index (χ2n) is 3.61. The van der Waals surface area contributed by atoms with Crippen LogP contribution in [0.1, 0.15) is 5.56 Å². The van der Waals surface area contributed by atoms with Gasteiger partial charge in [0.05, 0.1) is 26.4 Å². The minimum absolute atomic E-state index is 0.266. The summed E-state index contributed by atoms with van der Waals surface area (Å²) in [5.74, 6) is 0.935. The Balaban J connectivity index is 1.95. The maximum atomic E-state index is 9.67. The van der Waals surface area contributed by atoms with E-state index in [1.54, 1.807) is 13.2 Å². The number of aromatic hydroxyl groups is 1. The maximum absolute atomic E-state index is 9.67. The van der Waals surface area contributed by atoms with Crippen LogP contribution in [-0.2, 0) is 11.3 Å². The molecule has 82 valence electrons. The molecule has 1 aromatic carbocycles. The molecule has 4 heteroatoms. The van der Waals surface area contributed by atoms with E-state index in [9.17, 15) is 5.11 Å². The normalized spacial score (nSPS) is 16.1. The minimum Gasteiger partial charge on any atom is -0.507 e. The Morgan fingerprint density at radius 2 is 2.33 bits per heavy atom. The molecular formula is C11H15NO3. The van der Waals surface area contributed by atoms with Crippen LogP contribution in [0.15, 0.2) is 18.2 Å². The summed E-state index contributed by atoms with van der Waals surface area (Å²) >= 11 is 0. The van der Waals surface area contributed by atoms with Gasteiger partial charge in [-0.2, -0.15) is 0 Å². The van der Waals surface area contributed by atoms with Crippen molar-refractivity contribution >= 4 is 0 Å². The first-order valence-electron chi connectivity index (χ1n) is 4.96. The fraction of sp³-hybridized carbons (Fsp3) is 0.455. The van der Waals surface area contributed by atoms with E-state index in [1.807, 2.05) is 12.1 Å². The van der Waals surface area contributed by atoms with Gasteiger partial charge in [-0.1, -0.05) is 6.07 Å². The van der Waals surface area contributed by atoms with Crippen LogP contribution < -0.4 is 10.1 Å². The Kier molecular flexibility index (Phi) is 3.08. The summed E-state index contributed by atoms with van der Waals surface area (Å²) in [6.45, 7) is 2.18. The molecule has 0 unspecified atom stereocenters. The molecule has 1 fully saturated rings. The largest absolute Gasteiger partial charge is 0.507 e. The Hall–Kier alpha value is -1.26. The predicted octanol–water partition coefficient (Wildman–Crippen LogP) is 0.889. The van der Waals surface area contributed by atoms with Gasteiger partial charge >= 0.3 is 0 Å². The standard InChI is InChI=1S/C11H15NO3/c1-14-10-3-2-8(11(13)4-10)5-12-9-6-15-7-9/h2-4,9,12-13H,5-7H2,1H3. The van der Waals surface area contributed by atoms with Crippen LogP contribution in [0.3, 0.4) is 0 Å². The van der Waals surface area contributed by atoms with Crippen LogP contribution in [0.4, 0.5) is 0 Å². The Morgan fingerprint density at radius 3 is 2.87 bits per heavy atom. The molecule has 0 aliphatic carbocycles. The van der Waals surface area contributed by atoms with Crippen LogP contribution in [0.5, 0.6) is 11.5 Å². The zero-order valence-corrected chi connectivity index (χ0v) is 8.69. The summed E-state index contributed by atoms with van der Waals surface area (Å²) in [5.41, 5.74) is 0.878. The lowest BCUT2D eigenvalue weighted by Gasteiger charge is -2.27. The van der Waals surface area contributed by atoms with Crippen molar-refractivity contribution in [3.8, 4) is 11.5 Å². The smallest absolute Gasteiger partial charge is 0.123 e. The predicted molar refractivity (Wildman–Crippen MR) is 56.1 cm³/mol. The van der Waals surface area contributed by atoms with Gasteiger partial charge in [0.1, 0.15) is 11.5 Å². The van der Waals surface area contributed by atoms with Crippen molar-refractivity contribution in [2.75, 3.05) is 20.3 Å². The van der Waals surface area contributed by atoms with Gasteiger partial charge in [0.25, 0.3) is 0 Å². The highest BCUT2D eigenvalue weighted by atomic mass is 16.5. The second-order valence-corrected chi connectivity index (χ2v) is 3.61. The summed E-state index contributed by atoms with van der Waals surface area (Å²) in [7, 11) is 1.58. The molecule has 0 aromatic heterocycles. The molecule has 0 bridgehead atoms. The van der Waals surface area contributed by atoms with Crippen molar-refractivity contribution < 1.29 is 14.6 Å². The van der Waals surface area contributed by atoms with E-state index in [0.29, 0.717) is 18.3 Å². The molecule has 2 rings (SSSR count). The average Bonchev–Trinajstić information content (AvgIpc) is 2.18. The highest BCUT2D eigenvalue weighted by Gasteiger charge is 2.17. The quantitative estimate of drug-likeness (QED) is 0.773. The zero-order chi connectivity index (χ0) is 10.7. The number of hydrogen-bond acceptors (Lipinski definition) is 4. The summed E-state index contributed by atoms with van der Waals surface area (Å²) in [4.78, 5) is 0. The third-order valence-electron chi connectivity index (χ3n) is 2.51. The summed E-state index contributed by atoms with van der Waals surface area (Å²) < 4.78 is 10.1. The van der Waals surface area contributed by atoms with Crippen LogP contribution in [0, 0.1) is 0 Å². The van der Waals surface area contributed by atoms with Gasteiger partial charge in [-0.3, -0.25) is 0 Å². The first-order valence-corrected chi connectivity index (χ1v) is 4.96. The SMILES string of the molecule is COc1ccc(CNC2COC2)c(O)c1. The average molecular weight is 209 g/mol. The van der Waals surface area contributed by atoms with Crippen molar-refractivity contribution in [1.82, 2.24) is 5.32 Å². The molecular weight excluding hydrogens is 194 g/mol. The molecule has 1 aromatic rings. The van der Waals surface area contributed by atoms with Crippen LogP contribution >= 0.6 is 0 Å². The lowest BCUT2D eigenvalue weighted by Crippen LogP contribution is -2.45. The molecule has 1 aliphatic heterocycles. The van der Waals surface area contributed by atoms with Crippen molar-refractivity contribution in [3.05, 3.63) is 23.8 Å². The van der Waals surface area contributed by atoms with E-state index in [-0.39, 0.29) is 5.75 Å². The van der Waals surface area contributed by atoms with Crippen LogP contribution in [-0.4, -0.2) is 31.5 Å². The highest BCUT2D eigenvalue weighted by molar-refractivity contribution is 5.39. The molecule has 1 heterocycles. The molecule has 4 nitrogen and oxygen atoms in total. The van der Waals surface area contributed by atoms with Gasteiger partial charge in [-0.25, -0.2) is 0 Å². The number of hydrogen-bond donors (Lipinski definition) is 2. The van der Waals surface area contributed by atoms with Crippen LogP contribution in [0.25, 0.3) is 0 Å². The Bertz CT molecular complexity index is 337. The first-order chi connectivity index (χ1) is 7.29. The molecule has 0 amide bonds. The molecule has 0 spiro atoms. The van der Waals surface area contributed by atoms with Gasteiger partial charge in [0.15, 0.2) is 0 Å². The van der Waals surface area contributed by atoms with E-state index in [2.05, 4.69) is 5.32 Å². The lowest BCUT2D eigenvalue weighted by molar-refractivity contribution is -0.00585. The molecule has 1 aliphatic rings. The minimum atomic E-state index is 0.266. The molecule has 15 heavy (non-hydrogen) atoms. The monoisotopic (exact) mass is 209 g/mol. The fourth-order valence-electron chi connectivity index (χ4n) is 1.43. The first kappa shape index (κ1) is 10.3. The fourth-order valence-corrected chi connectivity index (χ4v) is 1.43. The van der Waals surface area contributed by atoms with Crippen molar-refractivity contribution in [1.29, 1.82) is 0 Å². The number of benzene rings is 1. The van der Waals surface area contributed by atoms with E-state index in [1.165, 1.54) is 0 Å². The van der Waals surface area contributed by atoms with Gasteiger partial charge in [-0.05, 0) is 6.07 Å². The van der Waals surface area contributed by atoms with Crippen molar-refractivity contribution in [2.24, 2.45) is 0 Å². The Morgan fingerprint density at radius 1 is 1.53 bits per heavy atom. The third kappa shape index (κ3) is 2.40. The van der Waals surface area contributed by atoms with Gasteiger partial charge in [0.2, 0.25) is 0 Å². The molecule has 1 saturated heterocycles. The van der Waals surface area contributed by atoms with Gasteiger partial charge in [0, 0.05) is 18.2 Å². The van der Waals surface area contributed by atoms with E-state index in [0.717, 1.165) is 18.8 Å². The highest BCUT2D eigenvalue weighted by Crippen LogP contribution is 2.23. The topological polar surface area (TPSA) is 50.7 Å². The molecule has 0 radical (unpaired) electrons. The van der Waals surface area contributed by atoms with Crippen LogP contribution in [0.2, 0.25) is 0 Å². The summed E-state index contributed by atoms with van der Waals surface area (Å²) in [6, 6.07) is 5.75. The second kappa shape index (κ2) is 4.51. The summed E-state index contributed by atoms with van der Waals surface area (Å²) in [6.07, 6.45) is 0. The number of methoxy groups -OCH3 is 1.